The summed E-state index contributed by atoms with van der Waals surface area (Å²) < 4.78 is 18.3. The highest BCUT2D eigenvalue weighted by Gasteiger charge is 2.53. The van der Waals surface area contributed by atoms with Gasteiger partial charge in [0.25, 0.3) is 5.91 Å². The number of aryl methyl sites for hydroxylation is 1. The van der Waals surface area contributed by atoms with Gasteiger partial charge in [0.2, 0.25) is 0 Å². The average molecular weight is 440 g/mol. The fourth-order valence-electron chi connectivity index (χ4n) is 6.79. The van der Waals surface area contributed by atoms with Crippen LogP contribution in [0.5, 0.6) is 0 Å². The molecule has 1 aromatic carbocycles. The summed E-state index contributed by atoms with van der Waals surface area (Å²) in [6.07, 6.45) is 8.01. The molecule has 4 aliphatic rings. The second kappa shape index (κ2) is 8.23. The summed E-state index contributed by atoms with van der Waals surface area (Å²) in [5.41, 5.74) is 2.52. The van der Waals surface area contributed by atoms with E-state index in [1.54, 1.807) is 12.1 Å². The number of hydrogen-bond donors (Lipinski definition) is 1. The summed E-state index contributed by atoms with van der Waals surface area (Å²) in [7, 11) is -1.07. The molecule has 1 aromatic heterocycles. The van der Waals surface area contributed by atoms with Crippen LogP contribution in [0.25, 0.3) is 0 Å². The maximum absolute atomic E-state index is 12.9. The normalized spacial score (nSPS) is 30.8. The number of benzene rings is 1. The molecule has 0 radical (unpaired) electrons. The summed E-state index contributed by atoms with van der Waals surface area (Å²) in [4.78, 5) is 12.9. The smallest absolute Gasteiger partial charge is 0.287 e. The highest BCUT2D eigenvalue weighted by Crippen LogP contribution is 2.61. The zero-order valence-electron chi connectivity index (χ0n) is 18.6. The van der Waals surface area contributed by atoms with Gasteiger partial charge in [-0.05, 0) is 93.2 Å². The molecule has 1 amide bonds. The van der Waals surface area contributed by atoms with Crippen molar-refractivity contribution in [3.8, 4) is 0 Å². The van der Waals surface area contributed by atoms with E-state index < -0.39 is 10.8 Å². The molecule has 31 heavy (non-hydrogen) atoms. The lowest BCUT2D eigenvalue weighted by Crippen LogP contribution is -2.55. The number of carbonyl (C=O) groups is 1. The van der Waals surface area contributed by atoms with E-state index in [0.29, 0.717) is 23.0 Å². The first-order valence-electron chi connectivity index (χ1n) is 11.7. The third-order valence-electron chi connectivity index (χ3n) is 7.99. The molecule has 1 N–H and O–H groups in total. The molecule has 6 rings (SSSR count). The highest BCUT2D eigenvalue weighted by molar-refractivity contribution is 7.83. The van der Waals surface area contributed by atoms with Crippen LogP contribution in [0.1, 0.15) is 72.9 Å². The molecule has 4 nitrogen and oxygen atoms in total. The topological polar surface area (TPSA) is 59.3 Å². The molecule has 0 unspecified atom stereocenters. The summed E-state index contributed by atoms with van der Waals surface area (Å²) in [5, 5.41) is 3.26. The molecule has 0 spiro atoms. The Labute approximate surface area is 187 Å². The minimum Gasteiger partial charge on any atom is -0.455 e. The first kappa shape index (κ1) is 21.0. The average Bonchev–Trinajstić information content (AvgIpc) is 3.17. The van der Waals surface area contributed by atoms with E-state index in [9.17, 15) is 9.00 Å². The number of amides is 1. The van der Waals surface area contributed by atoms with Crippen LogP contribution in [-0.4, -0.2) is 16.2 Å². The van der Waals surface area contributed by atoms with Crippen molar-refractivity contribution in [3.63, 3.8) is 0 Å². The Bertz CT molecular complexity index is 942. The van der Waals surface area contributed by atoms with Gasteiger partial charge in [-0.15, -0.1) is 0 Å². The monoisotopic (exact) mass is 439 g/mol. The van der Waals surface area contributed by atoms with Crippen LogP contribution in [0, 0.1) is 30.1 Å². The third-order valence-corrected chi connectivity index (χ3v) is 9.25. The van der Waals surface area contributed by atoms with Gasteiger partial charge in [-0.25, -0.2) is 0 Å². The van der Waals surface area contributed by atoms with E-state index in [-0.39, 0.29) is 17.4 Å². The van der Waals surface area contributed by atoms with Crippen molar-refractivity contribution < 1.29 is 13.4 Å². The van der Waals surface area contributed by atoms with Gasteiger partial charge in [0.15, 0.2) is 5.76 Å². The van der Waals surface area contributed by atoms with Gasteiger partial charge in [0.1, 0.15) is 5.76 Å². The van der Waals surface area contributed by atoms with Crippen molar-refractivity contribution >= 4 is 16.7 Å². The second-order valence-corrected chi connectivity index (χ2v) is 11.9. The van der Waals surface area contributed by atoms with Crippen molar-refractivity contribution in [1.29, 1.82) is 0 Å². The van der Waals surface area contributed by atoms with Crippen LogP contribution in [0.2, 0.25) is 0 Å². The first-order valence-corrected chi connectivity index (χ1v) is 13.2. The van der Waals surface area contributed by atoms with Crippen molar-refractivity contribution in [1.82, 2.24) is 5.32 Å². The fraction of sp³-hybridized carbons (Fsp3) is 0.577. The minimum absolute atomic E-state index is 0.140. The zero-order valence-corrected chi connectivity index (χ0v) is 19.4. The van der Waals surface area contributed by atoms with Crippen molar-refractivity contribution in [2.45, 2.75) is 69.9 Å². The molecule has 2 atom stereocenters. The Hall–Kier alpha value is -1.88. The molecule has 0 saturated heterocycles. The predicted molar refractivity (Wildman–Crippen MR) is 123 cm³/mol. The van der Waals surface area contributed by atoms with E-state index in [1.807, 2.05) is 31.2 Å². The second-order valence-electron chi connectivity index (χ2n) is 10.5. The quantitative estimate of drug-likeness (QED) is 0.631. The summed E-state index contributed by atoms with van der Waals surface area (Å²) in [6.45, 7) is 4.23. The summed E-state index contributed by atoms with van der Waals surface area (Å²) in [6, 6.07) is 11.8. The molecule has 5 heteroatoms. The van der Waals surface area contributed by atoms with Crippen molar-refractivity contribution in [2.24, 2.45) is 23.2 Å². The van der Waals surface area contributed by atoms with Crippen LogP contribution in [0.15, 0.2) is 40.8 Å². The molecule has 4 fully saturated rings. The van der Waals surface area contributed by atoms with E-state index in [0.717, 1.165) is 23.3 Å². The molecular weight excluding hydrogens is 406 g/mol. The molecule has 4 saturated carbocycles. The van der Waals surface area contributed by atoms with Crippen LogP contribution < -0.4 is 5.32 Å². The number of rotatable bonds is 7. The Balaban J connectivity index is 1.18. The lowest BCUT2D eigenvalue weighted by atomic mass is 9.48. The standard InChI is InChI=1S/C26H33NO3S/c1-17-3-5-19(6-4-17)15-31(29)16-23-7-8-24(30-23)25(28)27-18(2)26-12-20-9-21(13-26)11-22(10-20)14-26/h3-8,18,20-22H,9-16H2,1-2H3,(H,27,28)/t18-,20?,21?,22?,26?,31+/m0/s1. The van der Waals surface area contributed by atoms with E-state index in [2.05, 4.69) is 12.2 Å². The van der Waals surface area contributed by atoms with Gasteiger partial charge >= 0.3 is 0 Å². The predicted octanol–water partition coefficient (Wildman–Crippen LogP) is 5.37. The first-order chi connectivity index (χ1) is 14.9. The largest absolute Gasteiger partial charge is 0.455 e. The summed E-state index contributed by atoms with van der Waals surface area (Å²) >= 11 is 0. The Kier molecular flexibility index (Phi) is 5.58. The Morgan fingerprint density at radius 2 is 1.65 bits per heavy atom. The van der Waals surface area contributed by atoms with Crippen LogP contribution in [-0.2, 0) is 22.3 Å². The van der Waals surface area contributed by atoms with Crippen molar-refractivity contribution in [3.05, 3.63) is 59.0 Å². The lowest BCUT2D eigenvalue weighted by Gasteiger charge is -2.59. The minimum atomic E-state index is -1.07. The third kappa shape index (κ3) is 4.39. The Morgan fingerprint density at radius 3 is 2.26 bits per heavy atom. The van der Waals surface area contributed by atoms with Gasteiger partial charge in [-0.1, -0.05) is 29.8 Å². The molecule has 4 aliphatic carbocycles. The van der Waals surface area contributed by atoms with Crippen LogP contribution in [0.4, 0.5) is 0 Å². The zero-order chi connectivity index (χ0) is 21.6. The number of carbonyl (C=O) groups excluding carboxylic acids is 1. The molecule has 2 aromatic rings. The van der Waals surface area contributed by atoms with Gasteiger partial charge < -0.3 is 9.73 Å². The van der Waals surface area contributed by atoms with E-state index in [4.69, 9.17) is 4.42 Å². The number of furan rings is 1. The lowest BCUT2D eigenvalue weighted by molar-refractivity contribution is -0.0688. The molecule has 166 valence electrons. The van der Waals surface area contributed by atoms with E-state index in [1.165, 1.54) is 44.1 Å². The van der Waals surface area contributed by atoms with Gasteiger partial charge in [0, 0.05) is 22.6 Å². The van der Waals surface area contributed by atoms with Crippen LogP contribution >= 0.6 is 0 Å². The Morgan fingerprint density at radius 1 is 1.03 bits per heavy atom. The SMILES string of the molecule is Cc1ccc(C[S@@](=O)Cc2ccc(C(=O)N[C@@H](C)C34CC5CC(CC(C5)C3)C4)o2)cc1. The van der Waals surface area contributed by atoms with E-state index >= 15 is 0 Å². The molecule has 4 bridgehead atoms. The number of nitrogens with one attached hydrogen (secondary N) is 1. The van der Waals surface area contributed by atoms with Gasteiger partial charge in [0.05, 0.1) is 5.75 Å². The molecule has 1 heterocycles. The van der Waals surface area contributed by atoms with Gasteiger partial charge in [-0.3, -0.25) is 9.00 Å². The number of hydrogen-bond acceptors (Lipinski definition) is 3. The van der Waals surface area contributed by atoms with Crippen molar-refractivity contribution in [2.75, 3.05) is 0 Å². The highest BCUT2D eigenvalue weighted by atomic mass is 32.2. The molecular formula is C26H33NO3S. The van der Waals surface area contributed by atoms with Gasteiger partial charge in [-0.2, -0.15) is 0 Å². The molecule has 0 aliphatic heterocycles. The maximum Gasteiger partial charge on any atom is 0.287 e. The summed E-state index contributed by atoms with van der Waals surface area (Å²) in [5.74, 6) is 4.21. The maximum atomic E-state index is 12.9. The fourth-order valence-corrected chi connectivity index (χ4v) is 7.93. The van der Waals surface area contributed by atoms with Crippen LogP contribution in [0.3, 0.4) is 0 Å².